The molecule has 26 heavy (non-hydrogen) atoms. The van der Waals surface area contributed by atoms with E-state index in [-0.39, 0.29) is 12.5 Å². The maximum atomic E-state index is 12.3. The zero-order chi connectivity index (χ0) is 18.2. The number of carbonyl (C=O) groups is 1. The molecule has 2 N–H and O–H groups in total. The molecule has 0 atom stereocenters. The maximum absolute atomic E-state index is 12.3. The third-order valence-corrected chi connectivity index (χ3v) is 4.44. The summed E-state index contributed by atoms with van der Waals surface area (Å²) < 4.78 is 0. The Morgan fingerprint density at radius 3 is 2.42 bits per heavy atom. The number of hydrogen-bond donors (Lipinski definition) is 2. The predicted molar refractivity (Wildman–Crippen MR) is 106 cm³/mol. The van der Waals surface area contributed by atoms with Crippen LogP contribution in [0.15, 0.2) is 59.6 Å². The lowest BCUT2D eigenvalue weighted by Crippen LogP contribution is -2.41. The van der Waals surface area contributed by atoms with Gasteiger partial charge in [-0.25, -0.2) is 4.99 Å². The Balaban J connectivity index is 1.65. The summed E-state index contributed by atoms with van der Waals surface area (Å²) in [6, 6.07) is 18.2. The van der Waals surface area contributed by atoms with Gasteiger partial charge >= 0.3 is 0 Å². The van der Waals surface area contributed by atoms with Crippen molar-refractivity contribution < 1.29 is 4.79 Å². The van der Waals surface area contributed by atoms with Gasteiger partial charge < -0.3 is 15.5 Å². The summed E-state index contributed by atoms with van der Waals surface area (Å²) in [4.78, 5) is 18.8. The van der Waals surface area contributed by atoms with E-state index in [1.54, 1.807) is 0 Å². The summed E-state index contributed by atoms with van der Waals surface area (Å²) in [5.74, 6) is 0.740. The number of likely N-dealkylation sites (tertiary alicyclic amines) is 1. The minimum absolute atomic E-state index is 0.125. The van der Waals surface area contributed by atoms with E-state index in [4.69, 9.17) is 0 Å². The number of aliphatic imine (C=N–C) groups is 1. The molecular weight excluding hydrogens is 324 g/mol. The second kappa shape index (κ2) is 9.04. The number of hydrogen-bond acceptors (Lipinski definition) is 2. The Hall–Kier alpha value is -2.82. The normalized spacial score (nSPS) is 14.3. The van der Waals surface area contributed by atoms with Gasteiger partial charge in [0.05, 0.1) is 13.1 Å². The molecule has 1 saturated heterocycles. The van der Waals surface area contributed by atoms with E-state index in [0.717, 1.165) is 37.2 Å². The Kier molecular flexibility index (Phi) is 6.25. The van der Waals surface area contributed by atoms with Gasteiger partial charge in [-0.1, -0.05) is 48.0 Å². The third-order valence-electron chi connectivity index (χ3n) is 4.44. The Morgan fingerprint density at radius 1 is 1.04 bits per heavy atom. The standard InChI is InChI=1S/C21H26N4O/c1-17-9-11-18(12-10-17)15-22-21(24-19-7-3-2-4-8-19)23-16-20(26)25-13-5-6-14-25/h2-4,7-12H,5-6,13-16H2,1H3,(H2,22,23,24). The van der Waals surface area contributed by atoms with E-state index in [1.165, 1.54) is 5.56 Å². The lowest BCUT2D eigenvalue weighted by atomic mass is 10.1. The van der Waals surface area contributed by atoms with Crippen molar-refractivity contribution in [2.45, 2.75) is 26.3 Å². The summed E-state index contributed by atoms with van der Waals surface area (Å²) in [5, 5.41) is 6.45. The smallest absolute Gasteiger partial charge is 0.241 e. The fraction of sp³-hybridized carbons (Fsp3) is 0.333. The molecule has 2 aromatic rings. The van der Waals surface area contributed by atoms with Crippen molar-refractivity contribution in [2.24, 2.45) is 4.99 Å². The monoisotopic (exact) mass is 350 g/mol. The van der Waals surface area contributed by atoms with E-state index in [0.29, 0.717) is 12.5 Å². The number of para-hydroxylation sites is 1. The quantitative estimate of drug-likeness (QED) is 0.643. The lowest BCUT2D eigenvalue weighted by Gasteiger charge is -2.17. The predicted octanol–water partition coefficient (Wildman–Crippen LogP) is 3.18. The van der Waals surface area contributed by atoms with Gasteiger partial charge in [-0.2, -0.15) is 0 Å². The molecule has 0 spiro atoms. The first kappa shape index (κ1) is 18.0. The van der Waals surface area contributed by atoms with E-state index in [1.807, 2.05) is 35.2 Å². The minimum Gasteiger partial charge on any atom is -0.347 e. The van der Waals surface area contributed by atoms with Crippen molar-refractivity contribution in [1.82, 2.24) is 10.2 Å². The number of benzene rings is 2. The van der Waals surface area contributed by atoms with Crippen LogP contribution < -0.4 is 10.6 Å². The van der Waals surface area contributed by atoms with E-state index < -0.39 is 0 Å². The molecule has 0 aromatic heterocycles. The van der Waals surface area contributed by atoms with Crippen LogP contribution in [0.5, 0.6) is 0 Å². The van der Waals surface area contributed by atoms with Gasteiger partial charge in [0.1, 0.15) is 0 Å². The molecule has 0 unspecified atom stereocenters. The minimum atomic E-state index is 0.125. The van der Waals surface area contributed by atoms with Crippen molar-refractivity contribution >= 4 is 17.6 Å². The second-order valence-corrected chi connectivity index (χ2v) is 6.58. The first-order valence-electron chi connectivity index (χ1n) is 9.14. The van der Waals surface area contributed by atoms with Crippen LogP contribution in [0.3, 0.4) is 0 Å². The molecule has 2 aromatic carbocycles. The summed E-state index contributed by atoms with van der Waals surface area (Å²) in [6.45, 7) is 4.61. The van der Waals surface area contributed by atoms with Crippen LogP contribution in [0.1, 0.15) is 24.0 Å². The summed E-state index contributed by atoms with van der Waals surface area (Å²) in [6.07, 6.45) is 2.20. The largest absolute Gasteiger partial charge is 0.347 e. The summed E-state index contributed by atoms with van der Waals surface area (Å²) >= 11 is 0. The average Bonchev–Trinajstić information content (AvgIpc) is 3.21. The molecule has 5 heteroatoms. The second-order valence-electron chi connectivity index (χ2n) is 6.58. The van der Waals surface area contributed by atoms with Gasteiger partial charge in [-0.3, -0.25) is 4.79 Å². The van der Waals surface area contributed by atoms with Crippen LogP contribution in [0.4, 0.5) is 5.69 Å². The number of anilines is 1. The zero-order valence-electron chi connectivity index (χ0n) is 15.2. The number of carbonyl (C=O) groups excluding carboxylic acids is 1. The molecule has 0 saturated carbocycles. The lowest BCUT2D eigenvalue weighted by molar-refractivity contribution is -0.128. The average molecular weight is 350 g/mol. The van der Waals surface area contributed by atoms with Gasteiger partial charge in [0, 0.05) is 18.8 Å². The molecule has 1 aliphatic heterocycles. The molecule has 1 aliphatic rings. The molecule has 3 rings (SSSR count). The van der Waals surface area contributed by atoms with Crippen LogP contribution >= 0.6 is 0 Å². The van der Waals surface area contributed by atoms with Gasteiger partial charge in [-0.05, 0) is 37.5 Å². The molecule has 5 nitrogen and oxygen atoms in total. The van der Waals surface area contributed by atoms with Gasteiger partial charge in [0.15, 0.2) is 5.96 Å². The van der Waals surface area contributed by atoms with E-state index >= 15 is 0 Å². The Morgan fingerprint density at radius 2 is 1.73 bits per heavy atom. The van der Waals surface area contributed by atoms with Gasteiger partial charge in [-0.15, -0.1) is 0 Å². The Labute approximate surface area is 155 Å². The number of guanidine groups is 1. The van der Waals surface area contributed by atoms with Crippen molar-refractivity contribution in [2.75, 3.05) is 25.0 Å². The highest BCUT2D eigenvalue weighted by Gasteiger charge is 2.17. The third kappa shape index (κ3) is 5.34. The molecule has 0 aliphatic carbocycles. The zero-order valence-corrected chi connectivity index (χ0v) is 15.2. The topological polar surface area (TPSA) is 56.7 Å². The first-order valence-corrected chi connectivity index (χ1v) is 9.14. The fourth-order valence-corrected chi connectivity index (χ4v) is 2.90. The highest BCUT2D eigenvalue weighted by molar-refractivity contribution is 5.95. The number of rotatable bonds is 5. The van der Waals surface area contributed by atoms with Crippen molar-refractivity contribution in [3.05, 3.63) is 65.7 Å². The van der Waals surface area contributed by atoms with Gasteiger partial charge in [0.2, 0.25) is 5.91 Å². The van der Waals surface area contributed by atoms with E-state index in [2.05, 4.69) is 46.8 Å². The highest BCUT2D eigenvalue weighted by atomic mass is 16.2. The molecule has 0 bridgehead atoms. The Bertz CT molecular complexity index is 734. The maximum Gasteiger partial charge on any atom is 0.241 e. The van der Waals surface area contributed by atoms with Crippen LogP contribution in [-0.4, -0.2) is 36.4 Å². The number of aryl methyl sites for hydroxylation is 1. The fourth-order valence-electron chi connectivity index (χ4n) is 2.90. The molecule has 1 amide bonds. The number of amides is 1. The molecule has 1 fully saturated rings. The van der Waals surface area contributed by atoms with Crippen LogP contribution in [0, 0.1) is 6.92 Å². The van der Waals surface area contributed by atoms with Crippen LogP contribution in [0.25, 0.3) is 0 Å². The SMILES string of the molecule is Cc1ccc(CN=C(NCC(=O)N2CCCC2)Nc2ccccc2)cc1. The molecule has 1 heterocycles. The summed E-state index contributed by atoms with van der Waals surface area (Å²) in [5.41, 5.74) is 3.31. The van der Waals surface area contributed by atoms with E-state index in [9.17, 15) is 4.79 Å². The van der Waals surface area contributed by atoms with Crippen LogP contribution in [-0.2, 0) is 11.3 Å². The van der Waals surface area contributed by atoms with Gasteiger partial charge in [0.25, 0.3) is 0 Å². The van der Waals surface area contributed by atoms with Crippen molar-refractivity contribution in [3.63, 3.8) is 0 Å². The van der Waals surface area contributed by atoms with Crippen LogP contribution in [0.2, 0.25) is 0 Å². The number of nitrogens with zero attached hydrogens (tertiary/aromatic N) is 2. The summed E-state index contributed by atoms with van der Waals surface area (Å²) in [7, 11) is 0. The van der Waals surface area contributed by atoms with Crippen molar-refractivity contribution in [1.29, 1.82) is 0 Å². The van der Waals surface area contributed by atoms with Crippen molar-refractivity contribution in [3.8, 4) is 0 Å². The molecule has 136 valence electrons. The highest BCUT2D eigenvalue weighted by Crippen LogP contribution is 2.08. The molecular formula is C21H26N4O. The first-order chi connectivity index (χ1) is 12.7. The molecule has 0 radical (unpaired) electrons. The number of nitrogens with one attached hydrogen (secondary N) is 2.